The van der Waals surface area contributed by atoms with E-state index in [-0.39, 0.29) is 0 Å². The van der Waals surface area contributed by atoms with Crippen molar-refractivity contribution in [3.05, 3.63) is 29.3 Å². The van der Waals surface area contributed by atoms with E-state index in [1.807, 2.05) is 12.1 Å². The van der Waals surface area contributed by atoms with Gasteiger partial charge in [-0.05, 0) is 104 Å². The van der Waals surface area contributed by atoms with Crippen molar-refractivity contribution in [1.29, 1.82) is 0 Å². The van der Waals surface area contributed by atoms with Gasteiger partial charge in [0.05, 0.1) is 0 Å². The number of benzene rings is 1. The summed E-state index contributed by atoms with van der Waals surface area (Å²) in [6, 6.07) is 5.61. The van der Waals surface area contributed by atoms with Crippen LogP contribution in [0.15, 0.2) is 18.2 Å². The molecule has 3 aliphatic carbocycles. The Bertz CT molecular complexity index is 673. The van der Waals surface area contributed by atoms with E-state index in [1.165, 1.54) is 88.2 Å². The molecule has 5 atom stereocenters. The molecule has 0 aromatic heterocycles. The van der Waals surface area contributed by atoms with Crippen LogP contribution in [-0.4, -0.2) is 6.61 Å². The summed E-state index contributed by atoms with van der Waals surface area (Å²) in [6.45, 7) is -0.436. The molecule has 4 rings (SSSR count). The Kier molecular flexibility index (Phi) is 7.70. The van der Waals surface area contributed by atoms with Gasteiger partial charge in [-0.15, -0.1) is 0 Å². The van der Waals surface area contributed by atoms with Crippen LogP contribution in [0.5, 0.6) is 5.75 Å². The largest absolute Gasteiger partial charge is 0.435 e. The zero-order chi connectivity index (χ0) is 20.9. The summed E-state index contributed by atoms with van der Waals surface area (Å²) in [5.41, 5.74) is 2.59. The number of hydrogen-bond donors (Lipinski definition) is 0. The molecule has 0 saturated heterocycles. The highest BCUT2D eigenvalue weighted by Gasteiger charge is 2.38. The first-order valence-corrected chi connectivity index (χ1v) is 12.7. The summed E-state index contributed by atoms with van der Waals surface area (Å²) >= 11 is 0. The Labute approximate surface area is 182 Å². The minimum atomic E-state index is -2.74. The summed E-state index contributed by atoms with van der Waals surface area (Å²) in [4.78, 5) is 0. The third kappa shape index (κ3) is 5.56. The Morgan fingerprint density at radius 2 is 1.63 bits per heavy atom. The molecule has 0 bridgehead atoms. The quantitative estimate of drug-likeness (QED) is 0.387. The standard InChI is InChI=1S/C27H40F2O/c1-2-3-4-5-6-19-7-8-21-16-22(10-9-20(21)15-19)23-11-12-25-18-26(30-27(28)29)14-13-24(25)17-23/h13-14,18-23,27H,2-12,15-17H2,1H3. The Morgan fingerprint density at radius 1 is 0.867 bits per heavy atom. The third-order valence-corrected chi connectivity index (χ3v) is 8.56. The van der Waals surface area contributed by atoms with Crippen molar-refractivity contribution in [2.45, 2.75) is 103 Å². The number of hydrogen-bond acceptors (Lipinski definition) is 1. The molecule has 0 heterocycles. The predicted octanol–water partition coefficient (Wildman–Crippen LogP) is 8.20. The Morgan fingerprint density at radius 3 is 2.43 bits per heavy atom. The molecule has 1 aromatic rings. The second kappa shape index (κ2) is 10.5. The molecule has 30 heavy (non-hydrogen) atoms. The van der Waals surface area contributed by atoms with Crippen molar-refractivity contribution < 1.29 is 13.5 Å². The van der Waals surface area contributed by atoms with E-state index in [2.05, 4.69) is 11.7 Å². The highest BCUT2D eigenvalue weighted by Crippen LogP contribution is 2.49. The Balaban J connectivity index is 1.27. The number of fused-ring (bicyclic) bond motifs is 2. The van der Waals surface area contributed by atoms with Crippen LogP contribution in [0.1, 0.15) is 95.1 Å². The van der Waals surface area contributed by atoms with Gasteiger partial charge in [0.25, 0.3) is 0 Å². The van der Waals surface area contributed by atoms with Gasteiger partial charge in [-0.3, -0.25) is 0 Å². The van der Waals surface area contributed by atoms with Gasteiger partial charge in [0.1, 0.15) is 5.75 Å². The molecule has 0 spiro atoms. The van der Waals surface area contributed by atoms with E-state index in [0.29, 0.717) is 5.75 Å². The van der Waals surface area contributed by atoms with Gasteiger partial charge in [-0.1, -0.05) is 51.5 Å². The van der Waals surface area contributed by atoms with Crippen LogP contribution in [-0.2, 0) is 12.8 Å². The third-order valence-electron chi connectivity index (χ3n) is 8.56. The average Bonchev–Trinajstić information content (AvgIpc) is 2.75. The van der Waals surface area contributed by atoms with E-state index >= 15 is 0 Å². The van der Waals surface area contributed by atoms with Crippen LogP contribution in [0.4, 0.5) is 8.78 Å². The molecule has 0 aliphatic heterocycles. The molecule has 0 radical (unpaired) electrons. The molecule has 168 valence electrons. The molecule has 1 nitrogen and oxygen atoms in total. The molecule has 3 heteroatoms. The fraction of sp³-hybridized carbons (Fsp3) is 0.778. The van der Waals surface area contributed by atoms with Crippen LogP contribution in [0.3, 0.4) is 0 Å². The van der Waals surface area contributed by atoms with Gasteiger partial charge >= 0.3 is 6.61 Å². The summed E-state index contributed by atoms with van der Waals surface area (Å²) in [5, 5.41) is 0. The molecular weight excluding hydrogens is 378 g/mol. The molecule has 2 saturated carbocycles. The molecule has 2 fully saturated rings. The number of alkyl halides is 2. The fourth-order valence-electron chi connectivity index (χ4n) is 6.91. The summed E-state index contributed by atoms with van der Waals surface area (Å²) in [5.74, 6) is 4.94. The number of aryl methyl sites for hydroxylation is 1. The lowest BCUT2D eigenvalue weighted by atomic mass is 9.61. The first-order valence-electron chi connectivity index (χ1n) is 12.7. The minimum Gasteiger partial charge on any atom is -0.435 e. The first kappa shape index (κ1) is 22.1. The molecular formula is C27H40F2O. The number of ether oxygens (including phenoxy) is 1. The lowest BCUT2D eigenvalue weighted by Crippen LogP contribution is -2.35. The topological polar surface area (TPSA) is 9.23 Å². The molecule has 0 N–H and O–H groups in total. The van der Waals surface area contributed by atoms with Gasteiger partial charge < -0.3 is 4.74 Å². The van der Waals surface area contributed by atoms with Crippen molar-refractivity contribution in [2.75, 3.05) is 0 Å². The zero-order valence-corrected chi connectivity index (χ0v) is 18.8. The maximum Gasteiger partial charge on any atom is 0.387 e. The first-order chi connectivity index (χ1) is 14.6. The number of rotatable bonds is 8. The Hall–Kier alpha value is -1.12. The van der Waals surface area contributed by atoms with Gasteiger partial charge in [-0.2, -0.15) is 8.78 Å². The van der Waals surface area contributed by atoms with Crippen molar-refractivity contribution in [2.24, 2.45) is 29.6 Å². The van der Waals surface area contributed by atoms with E-state index in [9.17, 15) is 8.78 Å². The van der Waals surface area contributed by atoms with E-state index in [0.717, 1.165) is 42.4 Å². The molecule has 1 aromatic carbocycles. The summed E-state index contributed by atoms with van der Waals surface area (Å²) in [7, 11) is 0. The van der Waals surface area contributed by atoms with Gasteiger partial charge in [0.15, 0.2) is 0 Å². The van der Waals surface area contributed by atoms with Crippen LogP contribution >= 0.6 is 0 Å². The highest BCUT2D eigenvalue weighted by molar-refractivity contribution is 5.37. The maximum absolute atomic E-state index is 12.5. The fourth-order valence-corrected chi connectivity index (χ4v) is 6.91. The number of halogens is 2. The predicted molar refractivity (Wildman–Crippen MR) is 119 cm³/mol. The van der Waals surface area contributed by atoms with Crippen molar-refractivity contribution in [3.63, 3.8) is 0 Å². The zero-order valence-electron chi connectivity index (χ0n) is 18.8. The maximum atomic E-state index is 12.5. The normalized spacial score (nSPS) is 31.3. The van der Waals surface area contributed by atoms with Gasteiger partial charge in [0, 0.05) is 0 Å². The van der Waals surface area contributed by atoms with Crippen LogP contribution in [0.25, 0.3) is 0 Å². The van der Waals surface area contributed by atoms with Crippen molar-refractivity contribution in [1.82, 2.24) is 0 Å². The second-order valence-electron chi connectivity index (χ2n) is 10.4. The van der Waals surface area contributed by atoms with Crippen molar-refractivity contribution >= 4 is 0 Å². The lowest BCUT2D eigenvalue weighted by molar-refractivity contribution is -0.0499. The van der Waals surface area contributed by atoms with E-state index in [1.54, 1.807) is 6.07 Å². The highest BCUT2D eigenvalue weighted by atomic mass is 19.3. The van der Waals surface area contributed by atoms with Crippen LogP contribution < -0.4 is 4.74 Å². The monoisotopic (exact) mass is 418 g/mol. The molecule has 5 unspecified atom stereocenters. The smallest absolute Gasteiger partial charge is 0.387 e. The number of unbranched alkanes of at least 4 members (excludes halogenated alkanes) is 3. The van der Waals surface area contributed by atoms with Crippen LogP contribution in [0, 0.1) is 29.6 Å². The SMILES string of the molecule is CCCCCCC1CCC2CC(C3CCc4cc(OC(F)F)ccc4C3)CCC2C1. The summed E-state index contributed by atoms with van der Waals surface area (Å²) < 4.78 is 29.6. The minimum absolute atomic E-state index is 0.314. The van der Waals surface area contributed by atoms with E-state index < -0.39 is 6.61 Å². The lowest BCUT2D eigenvalue weighted by Gasteiger charge is -2.45. The van der Waals surface area contributed by atoms with Gasteiger partial charge in [-0.25, -0.2) is 0 Å². The average molecular weight is 419 g/mol. The second-order valence-corrected chi connectivity index (χ2v) is 10.4. The van der Waals surface area contributed by atoms with Crippen molar-refractivity contribution in [3.8, 4) is 5.75 Å². The van der Waals surface area contributed by atoms with E-state index in [4.69, 9.17) is 0 Å². The molecule has 0 amide bonds. The summed E-state index contributed by atoms with van der Waals surface area (Å²) in [6.07, 6.45) is 19.2. The van der Waals surface area contributed by atoms with Crippen LogP contribution in [0.2, 0.25) is 0 Å². The molecule has 3 aliphatic rings. The van der Waals surface area contributed by atoms with Gasteiger partial charge in [0.2, 0.25) is 0 Å².